The lowest BCUT2D eigenvalue weighted by atomic mass is 10.0. The minimum atomic E-state index is -4.24. The van der Waals surface area contributed by atoms with E-state index in [-0.39, 0.29) is 22.1 Å². The van der Waals surface area contributed by atoms with Gasteiger partial charge in [-0.3, -0.25) is 14.6 Å². The molecule has 2 aromatic rings. The van der Waals surface area contributed by atoms with Crippen molar-refractivity contribution in [2.75, 3.05) is 6.54 Å². The number of carbonyl (C=O) groups excluding carboxylic acids is 3. The van der Waals surface area contributed by atoms with E-state index in [1.165, 1.54) is 30.3 Å². The zero-order valence-corrected chi connectivity index (χ0v) is 22.4. The Bertz CT molecular complexity index is 1160. The lowest BCUT2D eigenvalue weighted by Gasteiger charge is -2.13. The molecule has 202 valence electrons. The van der Waals surface area contributed by atoms with Crippen LogP contribution >= 0.6 is 0 Å². The minimum Gasteiger partial charge on any atom is -0.543 e. The number of hydrogen-bond donors (Lipinski definition) is 2. The fourth-order valence-electron chi connectivity index (χ4n) is 3.82. The third-order valence-corrected chi connectivity index (χ3v) is 7.31. The zero-order valence-electron chi connectivity index (χ0n) is 21.5. The Kier molecular flexibility index (Phi) is 12.2. The van der Waals surface area contributed by atoms with Crippen molar-refractivity contribution in [3.63, 3.8) is 0 Å². The van der Waals surface area contributed by atoms with E-state index in [0.29, 0.717) is 30.5 Å². The quantitative estimate of drug-likeness (QED) is 0.316. The second-order valence-corrected chi connectivity index (χ2v) is 10.6. The molecular formula is C27H36N3O6S-. The van der Waals surface area contributed by atoms with Gasteiger partial charge in [0.2, 0.25) is 0 Å². The first-order valence-electron chi connectivity index (χ1n) is 12.8. The summed E-state index contributed by atoms with van der Waals surface area (Å²) in [5, 5.41) is 14.0. The summed E-state index contributed by atoms with van der Waals surface area (Å²) < 4.78 is 27.7. The summed E-state index contributed by atoms with van der Waals surface area (Å²) in [5.74, 6) is -2.68. The summed E-state index contributed by atoms with van der Waals surface area (Å²) in [6, 6.07) is 6.55. The van der Waals surface area contributed by atoms with Gasteiger partial charge in [-0.05, 0) is 55.2 Å². The maximum Gasteiger partial charge on any atom is 0.266 e. The number of hydrogen-bond acceptors (Lipinski definition) is 7. The number of aryl methyl sites for hydroxylation is 1. The third kappa shape index (κ3) is 9.60. The molecule has 2 amide bonds. The summed E-state index contributed by atoms with van der Waals surface area (Å²) in [4.78, 5) is 39.9. The summed E-state index contributed by atoms with van der Waals surface area (Å²) in [6.45, 7) is 4.74. The zero-order chi connectivity index (χ0) is 27.3. The number of aromatic nitrogens is 1. The second-order valence-electron chi connectivity index (χ2n) is 8.95. The van der Waals surface area contributed by atoms with Crippen LogP contribution in [0.15, 0.2) is 41.4 Å². The van der Waals surface area contributed by atoms with Gasteiger partial charge in [0.25, 0.3) is 21.8 Å². The number of unbranched alkanes of at least 4 members (excludes halogenated alkanes) is 7. The van der Waals surface area contributed by atoms with Crippen LogP contribution in [-0.2, 0) is 16.4 Å². The van der Waals surface area contributed by atoms with Gasteiger partial charge >= 0.3 is 0 Å². The van der Waals surface area contributed by atoms with Crippen LogP contribution in [0.2, 0.25) is 0 Å². The highest BCUT2D eigenvalue weighted by Gasteiger charge is 2.22. The van der Waals surface area contributed by atoms with Crippen molar-refractivity contribution >= 4 is 27.8 Å². The van der Waals surface area contributed by atoms with Gasteiger partial charge in [0.1, 0.15) is 0 Å². The van der Waals surface area contributed by atoms with Gasteiger partial charge in [-0.15, -0.1) is 0 Å². The number of nitrogens with one attached hydrogen (secondary N) is 2. The number of carboxylic acids is 1. The van der Waals surface area contributed by atoms with E-state index < -0.39 is 21.9 Å². The van der Waals surface area contributed by atoms with Crippen LogP contribution in [0.4, 0.5) is 0 Å². The Labute approximate surface area is 219 Å². The maximum atomic E-state index is 12.9. The fourth-order valence-corrected chi connectivity index (χ4v) is 4.78. The van der Waals surface area contributed by atoms with Crippen LogP contribution < -0.4 is 15.1 Å². The predicted molar refractivity (Wildman–Crippen MR) is 139 cm³/mol. The summed E-state index contributed by atoms with van der Waals surface area (Å²) in [5.41, 5.74) is 0.378. The van der Waals surface area contributed by atoms with Crippen LogP contribution in [0.5, 0.6) is 0 Å². The van der Waals surface area contributed by atoms with E-state index in [4.69, 9.17) is 0 Å². The SMILES string of the molecule is CCCCCCCc1cc(C(=O)[O-])ncc1C(=O)NS(=O)(=O)c1ccc(C(=O)NCCCCCC)cc1. The van der Waals surface area contributed by atoms with E-state index in [0.717, 1.165) is 57.6 Å². The number of rotatable bonds is 16. The highest BCUT2D eigenvalue weighted by molar-refractivity contribution is 7.90. The van der Waals surface area contributed by atoms with E-state index in [1.54, 1.807) is 0 Å². The Morgan fingerprint density at radius 3 is 2.11 bits per heavy atom. The highest BCUT2D eigenvalue weighted by Crippen LogP contribution is 2.17. The number of pyridine rings is 1. The van der Waals surface area contributed by atoms with Gasteiger partial charge in [0.05, 0.1) is 22.1 Å². The Hall–Kier alpha value is -3.27. The largest absolute Gasteiger partial charge is 0.543 e. The number of sulfonamides is 1. The number of carboxylic acid groups (broad SMARTS) is 1. The van der Waals surface area contributed by atoms with E-state index in [2.05, 4.69) is 24.1 Å². The molecule has 0 fully saturated rings. The molecule has 0 aliphatic rings. The third-order valence-electron chi connectivity index (χ3n) is 5.96. The van der Waals surface area contributed by atoms with Crippen molar-refractivity contribution in [2.24, 2.45) is 0 Å². The molecule has 1 heterocycles. The molecule has 2 N–H and O–H groups in total. The average Bonchev–Trinajstić information content (AvgIpc) is 2.88. The molecule has 1 aromatic carbocycles. The molecule has 0 aliphatic heterocycles. The number of carbonyl (C=O) groups is 3. The molecule has 0 unspecified atom stereocenters. The van der Waals surface area contributed by atoms with Gasteiger partial charge in [-0.25, -0.2) is 13.1 Å². The molecule has 9 nitrogen and oxygen atoms in total. The van der Waals surface area contributed by atoms with Crippen molar-refractivity contribution in [3.05, 3.63) is 58.9 Å². The molecule has 2 rings (SSSR count). The molecule has 0 atom stereocenters. The van der Waals surface area contributed by atoms with Crippen molar-refractivity contribution in [2.45, 2.75) is 83.0 Å². The lowest BCUT2D eigenvalue weighted by Crippen LogP contribution is -2.32. The Morgan fingerprint density at radius 2 is 1.49 bits per heavy atom. The van der Waals surface area contributed by atoms with Crippen LogP contribution in [-0.4, -0.2) is 37.7 Å². The van der Waals surface area contributed by atoms with E-state index in [1.807, 2.05) is 4.72 Å². The molecule has 0 saturated carbocycles. The molecule has 0 saturated heterocycles. The second kappa shape index (κ2) is 15.1. The minimum absolute atomic E-state index is 0.0110. The van der Waals surface area contributed by atoms with Gasteiger partial charge in [-0.2, -0.15) is 0 Å². The molecule has 37 heavy (non-hydrogen) atoms. The maximum absolute atomic E-state index is 12.9. The highest BCUT2D eigenvalue weighted by atomic mass is 32.2. The van der Waals surface area contributed by atoms with Gasteiger partial charge in [-0.1, -0.05) is 58.8 Å². The first kappa shape index (κ1) is 30.0. The Morgan fingerprint density at radius 1 is 0.865 bits per heavy atom. The van der Waals surface area contributed by atoms with Crippen LogP contribution in [0.3, 0.4) is 0 Å². The summed E-state index contributed by atoms with van der Waals surface area (Å²) >= 11 is 0. The van der Waals surface area contributed by atoms with Crippen molar-refractivity contribution in [1.29, 1.82) is 0 Å². The van der Waals surface area contributed by atoms with Crippen LogP contribution in [0, 0.1) is 0 Å². The molecule has 0 radical (unpaired) electrons. The number of amides is 2. The normalized spacial score (nSPS) is 11.2. The van der Waals surface area contributed by atoms with E-state index >= 15 is 0 Å². The first-order chi connectivity index (χ1) is 17.7. The smallest absolute Gasteiger partial charge is 0.266 e. The van der Waals surface area contributed by atoms with Crippen molar-refractivity contribution in [1.82, 2.24) is 15.0 Å². The van der Waals surface area contributed by atoms with Crippen LogP contribution in [0.1, 0.15) is 108 Å². The van der Waals surface area contributed by atoms with Gasteiger partial charge in [0, 0.05) is 18.3 Å². The van der Waals surface area contributed by atoms with Crippen molar-refractivity contribution in [3.8, 4) is 0 Å². The molecular weight excluding hydrogens is 494 g/mol. The first-order valence-corrected chi connectivity index (χ1v) is 14.3. The number of benzene rings is 1. The standard InChI is InChI=1S/C27H37N3O6S/c1-3-5-7-9-10-12-21-18-24(27(33)34)29-19-23(21)26(32)30-37(35,36)22-15-13-20(14-16-22)25(31)28-17-11-8-6-4-2/h13-16,18-19H,3-12,17H2,1-2H3,(H,28,31)(H,30,32)(H,33,34)/p-1. The molecule has 10 heteroatoms. The molecule has 1 aromatic heterocycles. The fraction of sp³-hybridized carbons (Fsp3) is 0.481. The Balaban J connectivity index is 2.09. The summed E-state index contributed by atoms with van der Waals surface area (Å²) in [7, 11) is -4.24. The predicted octanol–water partition coefficient (Wildman–Crippen LogP) is 3.39. The van der Waals surface area contributed by atoms with Gasteiger partial charge < -0.3 is 15.2 Å². The monoisotopic (exact) mass is 530 g/mol. The van der Waals surface area contributed by atoms with E-state index in [9.17, 15) is 27.9 Å². The summed E-state index contributed by atoms with van der Waals surface area (Å²) in [6.07, 6.45) is 10.3. The molecule has 0 spiro atoms. The van der Waals surface area contributed by atoms with Gasteiger partial charge in [0.15, 0.2) is 0 Å². The number of aromatic carboxylic acids is 1. The number of nitrogens with zero attached hydrogens (tertiary/aromatic N) is 1. The van der Waals surface area contributed by atoms with Crippen molar-refractivity contribution < 1.29 is 27.9 Å². The topological polar surface area (TPSA) is 145 Å². The average molecular weight is 531 g/mol. The lowest BCUT2D eigenvalue weighted by molar-refractivity contribution is -0.255. The molecule has 0 aliphatic carbocycles. The van der Waals surface area contributed by atoms with Crippen LogP contribution in [0.25, 0.3) is 0 Å². The molecule has 0 bridgehead atoms.